The zero-order chi connectivity index (χ0) is 14.8. The van der Waals surface area contributed by atoms with E-state index in [2.05, 4.69) is 20.1 Å². The van der Waals surface area contributed by atoms with Crippen molar-refractivity contribution in [3.8, 4) is 10.7 Å². The Labute approximate surface area is 133 Å². The van der Waals surface area contributed by atoms with E-state index in [-0.39, 0.29) is 12.2 Å². The number of thiophene rings is 1. The first-order valence-electron chi connectivity index (χ1n) is 7.79. The standard InChI is InChI=1S/C15H20N4O2S/c1-3-11(20-6-1)12-9-19(5-7-21-12)10-14-16-15(18-17-14)13-4-2-8-22-13/h2,4,8,11-12H,1,3,5-7,9-10H2,(H,16,17,18). The van der Waals surface area contributed by atoms with Crippen LogP contribution < -0.4 is 0 Å². The van der Waals surface area contributed by atoms with Crippen molar-refractivity contribution in [1.29, 1.82) is 0 Å². The number of aromatic nitrogens is 3. The lowest BCUT2D eigenvalue weighted by molar-refractivity contribution is -0.0963. The molecule has 0 bridgehead atoms. The Bertz CT molecular complexity index is 594. The molecule has 0 saturated carbocycles. The second kappa shape index (κ2) is 6.45. The van der Waals surface area contributed by atoms with Crippen molar-refractivity contribution < 1.29 is 9.47 Å². The van der Waals surface area contributed by atoms with Crippen molar-refractivity contribution in [3.63, 3.8) is 0 Å². The van der Waals surface area contributed by atoms with Crippen molar-refractivity contribution in [2.75, 3.05) is 26.3 Å². The highest BCUT2D eigenvalue weighted by molar-refractivity contribution is 7.13. The number of nitrogens with zero attached hydrogens (tertiary/aromatic N) is 3. The van der Waals surface area contributed by atoms with Crippen LogP contribution in [0, 0.1) is 0 Å². The first-order valence-corrected chi connectivity index (χ1v) is 8.67. The van der Waals surface area contributed by atoms with Crippen LogP contribution in [0.15, 0.2) is 17.5 Å². The predicted molar refractivity (Wildman–Crippen MR) is 83.7 cm³/mol. The SMILES string of the molecule is c1csc(-c2n[nH]c(CN3CCOC(C4CCCO4)C3)n2)c1. The van der Waals surface area contributed by atoms with Crippen molar-refractivity contribution >= 4 is 11.3 Å². The molecule has 7 heteroatoms. The van der Waals surface area contributed by atoms with Gasteiger partial charge in [-0.15, -0.1) is 11.3 Å². The molecule has 0 spiro atoms. The lowest BCUT2D eigenvalue weighted by Gasteiger charge is -2.34. The summed E-state index contributed by atoms with van der Waals surface area (Å²) in [6.07, 6.45) is 2.72. The number of ether oxygens (including phenoxy) is 2. The Balaban J connectivity index is 1.38. The Kier molecular flexibility index (Phi) is 4.20. The van der Waals surface area contributed by atoms with Crippen LogP contribution in [0.25, 0.3) is 10.7 Å². The molecule has 0 radical (unpaired) electrons. The van der Waals surface area contributed by atoms with Crippen molar-refractivity contribution in [2.24, 2.45) is 0 Å². The van der Waals surface area contributed by atoms with Gasteiger partial charge in [-0.1, -0.05) is 6.07 Å². The van der Waals surface area contributed by atoms with Gasteiger partial charge in [-0.2, -0.15) is 5.10 Å². The number of hydrogen-bond donors (Lipinski definition) is 1. The quantitative estimate of drug-likeness (QED) is 0.932. The highest BCUT2D eigenvalue weighted by Gasteiger charge is 2.31. The maximum atomic E-state index is 5.88. The van der Waals surface area contributed by atoms with Crippen molar-refractivity contribution in [3.05, 3.63) is 23.3 Å². The lowest BCUT2D eigenvalue weighted by atomic mass is 10.1. The van der Waals surface area contributed by atoms with Crippen LogP contribution in [0.2, 0.25) is 0 Å². The zero-order valence-electron chi connectivity index (χ0n) is 12.4. The van der Waals surface area contributed by atoms with Gasteiger partial charge in [-0.05, 0) is 24.3 Å². The molecule has 2 aliphatic rings. The minimum Gasteiger partial charge on any atom is -0.375 e. The van der Waals surface area contributed by atoms with Gasteiger partial charge in [0.15, 0.2) is 5.82 Å². The molecule has 2 fully saturated rings. The number of rotatable bonds is 4. The summed E-state index contributed by atoms with van der Waals surface area (Å²) in [5, 5.41) is 9.41. The number of aromatic amines is 1. The van der Waals surface area contributed by atoms with Crippen molar-refractivity contribution in [1.82, 2.24) is 20.1 Å². The summed E-state index contributed by atoms with van der Waals surface area (Å²) >= 11 is 1.66. The number of hydrogen-bond acceptors (Lipinski definition) is 6. The number of H-pyrrole nitrogens is 1. The molecule has 4 rings (SSSR count). The van der Waals surface area contributed by atoms with Crippen LogP contribution in [0.3, 0.4) is 0 Å². The van der Waals surface area contributed by atoms with E-state index in [1.807, 2.05) is 17.5 Å². The average molecular weight is 320 g/mol. The van der Waals surface area contributed by atoms with Gasteiger partial charge in [0.1, 0.15) is 5.82 Å². The Morgan fingerprint density at radius 3 is 3.09 bits per heavy atom. The van der Waals surface area contributed by atoms with Gasteiger partial charge in [0.05, 0.1) is 30.2 Å². The summed E-state index contributed by atoms with van der Waals surface area (Å²) in [6.45, 7) is 4.25. The predicted octanol–water partition coefficient (Wildman–Crippen LogP) is 1.91. The van der Waals surface area contributed by atoms with E-state index in [1.54, 1.807) is 11.3 Å². The molecule has 2 atom stereocenters. The second-order valence-electron chi connectivity index (χ2n) is 5.78. The van der Waals surface area contributed by atoms with Gasteiger partial charge in [0, 0.05) is 19.7 Å². The molecule has 4 heterocycles. The fourth-order valence-corrected chi connectivity index (χ4v) is 3.75. The summed E-state index contributed by atoms with van der Waals surface area (Å²) in [4.78, 5) is 8.07. The van der Waals surface area contributed by atoms with E-state index in [0.29, 0.717) is 0 Å². The summed E-state index contributed by atoms with van der Waals surface area (Å²) in [6, 6.07) is 4.06. The molecular formula is C15H20N4O2S. The third-order valence-corrected chi connectivity index (χ3v) is 5.07. The summed E-state index contributed by atoms with van der Waals surface area (Å²) in [5.74, 6) is 1.70. The van der Waals surface area contributed by atoms with Gasteiger partial charge >= 0.3 is 0 Å². The molecule has 0 aliphatic carbocycles. The molecule has 2 unspecified atom stereocenters. The van der Waals surface area contributed by atoms with Crippen molar-refractivity contribution in [2.45, 2.75) is 31.6 Å². The maximum absolute atomic E-state index is 5.88. The molecule has 118 valence electrons. The van der Waals surface area contributed by atoms with E-state index in [1.165, 1.54) is 0 Å². The van der Waals surface area contributed by atoms with Crippen LogP contribution in [0.5, 0.6) is 0 Å². The first-order chi connectivity index (χ1) is 10.9. The van der Waals surface area contributed by atoms with E-state index >= 15 is 0 Å². The first kappa shape index (κ1) is 14.3. The zero-order valence-corrected chi connectivity index (χ0v) is 13.2. The van der Waals surface area contributed by atoms with Crippen LogP contribution in [0.4, 0.5) is 0 Å². The van der Waals surface area contributed by atoms with Gasteiger partial charge < -0.3 is 9.47 Å². The van der Waals surface area contributed by atoms with E-state index in [0.717, 1.165) is 62.2 Å². The van der Waals surface area contributed by atoms with E-state index in [4.69, 9.17) is 9.47 Å². The fraction of sp³-hybridized carbons (Fsp3) is 0.600. The lowest BCUT2D eigenvalue weighted by Crippen LogP contribution is -2.47. The topological polar surface area (TPSA) is 63.3 Å². The molecule has 2 aliphatic heterocycles. The maximum Gasteiger partial charge on any atom is 0.191 e. The Hall–Kier alpha value is -1.28. The average Bonchev–Trinajstić information content (AvgIpc) is 3.29. The molecular weight excluding hydrogens is 300 g/mol. The third kappa shape index (κ3) is 3.08. The molecule has 6 nitrogen and oxygen atoms in total. The van der Waals surface area contributed by atoms with Gasteiger partial charge in [0.25, 0.3) is 0 Å². The highest BCUT2D eigenvalue weighted by atomic mass is 32.1. The number of nitrogens with one attached hydrogen (secondary N) is 1. The smallest absolute Gasteiger partial charge is 0.191 e. The second-order valence-corrected chi connectivity index (χ2v) is 6.73. The molecule has 1 N–H and O–H groups in total. The summed E-state index contributed by atoms with van der Waals surface area (Å²) in [5.41, 5.74) is 0. The van der Waals surface area contributed by atoms with Crippen LogP contribution >= 0.6 is 11.3 Å². The summed E-state index contributed by atoms with van der Waals surface area (Å²) in [7, 11) is 0. The number of morpholine rings is 1. The van der Waals surface area contributed by atoms with E-state index < -0.39 is 0 Å². The molecule has 22 heavy (non-hydrogen) atoms. The van der Waals surface area contributed by atoms with Gasteiger partial charge in [-0.3, -0.25) is 10.00 Å². The largest absolute Gasteiger partial charge is 0.375 e. The molecule has 2 aromatic rings. The Morgan fingerprint density at radius 1 is 1.32 bits per heavy atom. The highest BCUT2D eigenvalue weighted by Crippen LogP contribution is 2.23. The molecule has 0 aromatic carbocycles. The van der Waals surface area contributed by atoms with Crippen LogP contribution in [-0.2, 0) is 16.0 Å². The normalized spacial score (nSPS) is 26.5. The molecule has 2 saturated heterocycles. The van der Waals surface area contributed by atoms with Crippen LogP contribution in [-0.4, -0.2) is 58.6 Å². The monoisotopic (exact) mass is 320 g/mol. The summed E-state index contributed by atoms with van der Waals surface area (Å²) < 4.78 is 11.6. The van der Waals surface area contributed by atoms with E-state index in [9.17, 15) is 0 Å². The van der Waals surface area contributed by atoms with Gasteiger partial charge in [0.2, 0.25) is 0 Å². The molecule has 2 aromatic heterocycles. The minimum atomic E-state index is 0.191. The Morgan fingerprint density at radius 2 is 2.27 bits per heavy atom. The third-order valence-electron chi connectivity index (χ3n) is 4.20. The molecule has 0 amide bonds. The van der Waals surface area contributed by atoms with Gasteiger partial charge in [-0.25, -0.2) is 4.98 Å². The van der Waals surface area contributed by atoms with Crippen LogP contribution in [0.1, 0.15) is 18.7 Å². The minimum absolute atomic E-state index is 0.191. The fourth-order valence-electron chi connectivity index (χ4n) is 3.09.